The molecule has 0 unspecified atom stereocenters. The summed E-state index contributed by atoms with van der Waals surface area (Å²) >= 11 is 0. The Morgan fingerprint density at radius 2 is 1.91 bits per heavy atom. The van der Waals surface area contributed by atoms with Gasteiger partial charge in [-0.2, -0.15) is 10.2 Å². The van der Waals surface area contributed by atoms with Gasteiger partial charge in [-0.1, -0.05) is 12.8 Å². The number of hydrogen-bond donors (Lipinski definition) is 1. The predicted octanol–water partition coefficient (Wildman–Crippen LogP) is 3.27. The lowest BCUT2D eigenvalue weighted by atomic mass is 10.2. The molecule has 2 aromatic heterocycles. The smallest absolute Gasteiger partial charge is 0.270 e. The van der Waals surface area contributed by atoms with E-state index in [-0.39, 0.29) is 17.2 Å². The van der Waals surface area contributed by atoms with Crippen molar-refractivity contribution in [3.05, 3.63) is 52.4 Å². The molecule has 32 heavy (non-hydrogen) atoms. The molecule has 1 saturated heterocycles. The van der Waals surface area contributed by atoms with Crippen LogP contribution < -0.4 is 15.8 Å². The largest absolute Gasteiger partial charge is 0.369 e. The van der Waals surface area contributed by atoms with Gasteiger partial charge in [0.2, 0.25) is 5.95 Å². The van der Waals surface area contributed by atoms with Crippen molar-refractivity contribution in [2.24, 2.45) is 0 Å². The molecule has 0 atom stereocenters. The molecule has 164 valence electrons. The number of nitriles is 1. The molecular weight excluding hydrogens is 402 g/mol. The second kappa shape index (κ2) is 8.60. The molecule has 0 radical (unpaired) electrons. The van der Waals surface area contributed by atoms with Crippen LogP contribution in [-0.2, 0) is 0 Å². The molecule has 0 bridgehead atoms. The number of aromatic nitrogens is 3. The number of benzene rings is 1. The number of piperazine rings is 1. The van der Waals surface area contributed by atoms with E-state index in [4.69, 9.17) is 4.11 Å². The monoisotopic (exact) mass is 432 g/mol. The molecule has 2 aliphatic rings. The number of nitrogens with one attached hydrogen (secondary N) is 1. The van der Waals surface area contributed by atoms with Crippen molar-refractivity contribution in [1.29, 1.82) is 5.26 Å². The Balaban J connectivity index is 1.36. The van der Waals surface area contributed by atoms with E-state index in [1.807, 2.05) is 30.3 Å². The first kappa shape index (κ1) is 17.2. The van der Waals surface area contributed by atoms with E-state index in [9.17, 15) is 10.1 Å². The number of anilines is 3. The van der Waals surface area contributed by atoms with Crippen molar-refractivity contribution in [1.82, 2.24) is 19.4 Å². The zero-order valence-corrected chi connectivity index (χ0v) is 17.8. The molecule has 8 nitrogen and oxygen atoms in total. The first-order valence-corrected chi connectivity index (χ1v) is 11.0. The highest BCUT2D eigenvalue weighted by Crippen LogP contribution is 2.31. The maximum absolute atomic E-state index is 13.0. The van der Waals surface area contributed by atoms with Crippen molar-refractivity contribution < 1.29 is 4.11 Å². The van der Waals surface area contributed by atoms with E-state index in [1.54, 1.807) is 16.8 Å². The lowest BCUT2D eigenvalue weighted by Gasteiger charge is -2.34. The fourth-order valence-electron chi connectivity index (χ4n) is 4.61. The first-order valence-electron chi connectivity index (χ1n) is 12.5. The third-order valence-electron chi connectivity index (χ3n) is 6.35. The van der Waals surface area contributed by atoms with Crippen LogP contribution in [-0.4, -0.2) is 52.6 Å². The molecule has 1 saturated carbocycles. The summed E-state index contributed by atoms with van der Waals surface area (Å²) < 4.78 is 24.4. The Hall–Kier alpha value is -3.44. The number of nitrogens with zero attached hydrogens (tertiary/aromatic N) is 6. The predicted molar refractivity (Wildman–Crippen MR) is 125 cm³/mol. The molecule has 1 aliphatic carbocycles. The number of likely N-dealkylation sites (N-methyl/N-ethyl adjacent to an activating group) is 1. The summed E-state index contributed by atoms with van der Waals surface area (Å²) in [4.78, 5) is 25.7. The Morgan fingerprint density at radius 1 is 1.16 bits per heavy atom. The van der Waals surface area contributed by atoms with Crippen LogP contribution in [0.15, 0.2) is 41.3 Å². The van der Waals surface area contributed by atoms with Crippen LogP contribution in [0.3, 0.4) is 0 Å². The molecule has 1 aliphatic heterocycles. The van der Waals surface area contributed by atoms with Gasteiger partial charge in [0.05, 0.1) is 0 Å². The van der Waals surface area contributed by atoms with Crippen LogP contribution >= 0.6 is 0 Å². The SMILES string of the molecule is [2H]C([2H])([2H])N1CCN(c2ccc(Nc3ncc4cc(C#N)c(=O)n(C5CCCC5)c4n3)cc2)CC1. The van der Waals surface area contributed by atoms with Gasteiger partial charge in [-0.05, 0) is 50.1 Å². The number of fused-ring (bicyclic) bond motifs is 1. The number of pyridine rings is 1. The third kappa shape index (κ3) is 3.92. The molecule has 2 fully saturated rings. The lowest BCUT2D eigenvalue weighted by Crippen LogP contribution is -2.44. The van der Waals surface area contributed by atoms with Crippen LogP contribution in [0.2, 0.25) is 0 Å². The molecule has 0 spiro atoms. The van der Waals surface area contributed by atoms with Crippen molar-refractivity contribution in [3.8, 4) is 6.07 Å². The fraction of sp³-hybridized carbons (Fsp3) is 0.417. The summed E-state index contributed by atoms with van der Waals surface area (Å²) in [5, 5.41) is 13.3. The van der Waals surface area contributed by atoms with Crippen LogP contribution in [0.5, 0.6) is 0 Å². The number of rotatable bonds is 4. The van der Waals surface area contributed by atoms with Crippen molar-refractivity contribution in [3.63, 3.8) is 0 Å². The Morgan fingerprint density at radius 3 is 2.59 bits per heavy atom. The molecule has 5 rings (SSSR count). The standard InChI is InChI=1S/C24H27N7O/c1-29-10-12-30(13-11-29)20-8-6-19(7-9-20)27-24-26-16-18-14-17(15-25)23(32)31(22(18)28-24)21-4-2-3-5-21/h6-9,14,16,21H,2-5,10-13H2,1H3,(H,26,27,28)/i1D3. The fourth-order valence-corrected chi connectivity index (χ4v) is 4.61. The highest BCUT2D eigenvalue weighted by molar-refractivity contribution is 5.77. The molecule has 0 amide bonds. The second-order valence-electron chi connectivity index (χ2n) is 8.40. The van der Waals surface area contributed by atoms with E-state index >= 15 is 0 Å². The minimum atomic E-state index is -2.04. The first-order chi connectivity index (χ1) is 16.8. The molecule has 1 N–H and O–H groups in total. The maximum Gasteiger partial charge on any atom is 0.270 e. The topological polar surface area (TPSA) is 90.1 Å². The molecule has 1 aromatic carbocycles. The second-order valence-corrected chi connectivity index (χ2v) is 8.40. The van der Waals surface area contributed by atoms with E-state index in [0.717, 1.165) is 37.1 Å². The van der Waals surface area contributed by atoms with Gasteiger partial charge < -0.3 is 15.1 Å². The molecular formula is C24H27N7O. The Bertz CT molecular complexity index is 1320. The molecule has 3 heterocycles. The van der Waals surface area contributed by atoms with Crippen LogP contribution in [0.25, 0.3) is 11.0 Å². The van der Waals surface area contributed by atoms with Gasteiger partial charge in [-0.25, -0.2) is 4.98 Å². The van der Waals surface area contributed by atoms with E-state index in [1.165, 1.54) is 4.90 Å². The highest BCUT2D eigenvalue weighted by atomic mass is 16.1. The van der Waals surface area contributed by atoms with Gasteiger partial charge >= 0.3 is 0 Å². The lowest BCUT2D eigenvalue weighted by molar-refractivity contribution is 0.313. The Labute approximate surface area is 191 Å². The van der Waals surface area contributed by atoms with Gasteiger partial charge in [0.25, 0.3) is 5.56 Å². The average Bonchev–Trinajstić information content (AvgIpc) is 3.38. The summed E-state index contributed by atoms with van der Waals surface area (Å²) in [7, 11) is 0. The van der Waals surface area contributed by atoms with Crippen molar-refractivity contribution in [2.45, 2.75) is 31.7 Å². The highest BCUT2D eigenvalue weighted by Gasteiger charge is 2.23. The summed E-state index contributed by atoms with van der Waals surface area (Å²) in [6, 6.07) is 11.5. The quantitative estimate of drug-likeness (QED) is 0.677. The summed E-state index contributed by atoms with van der Waals surface area (Å²) in [6.45, 7) is 0.263. The summed E-state index contributed by atoms with van der Waals surface area (Å²) in [5.41, 5.74) is 2.20. The van der Waals surface area contributed by atoms with Gasteiger partial charge in [-0.3, -0.25) is 9.36 Å². The van der Waals surface area contributed by atoms with E-state index in [0.29, 0.717) is 43.2 Å². The Kier molecular flexibility index (Phi) is 4.61. The van der Waals surface area contributed by atoms with Crippen molar-refractivity contribution >= 4 is 28.4 Å². The van der Waals surface area contributed by atoms with Gasteiger partial charge in [-0.15, -0.1) is 0 Å². The summed E-state index contributed by atoms with van der Waals surface area (Å²) in [6.07, 6.45) is 5.57. The minimum Gasteiger partial charge on any atom is -0.369 e. The van der Waals surface area contributed by atoms with Crippen LogP contribution in [0, 0.1) is 11.3 Å². The zero-order chi connectivity index (χ0) is 24.6. The third-order valence-corrected chi connectivity index (χ3v) is 6.35. The minimum absolute atomic E-state index is 0.0473. The summed E-state index contributed by atoms with van der Waals surface area (Å²) in [5.74, 6) is 0.382. The van der Waals surface area contributed by atoms with Crippen molar-refractivity contribution in [2.75, 3.05) is 43.4 Å². The molecule has 3 aromatic rings. The van der Waals surface area contributed by atoms with Crippen LogP contribution in [0.4, 0.5) is 17.3 Å². The molecule has 8 heteroatoms. The number of hydrogen-bond acceptors (Lipinski definition) is 7. The maximum atomic E-state index is 13.0. The van der Waals surface area contributed by atoms with Gasteiger partial charge in [0.15, 0.2) is 0 Å². The van der Waals surface area contributed by atoms with E-state index < -0.39 is 6.98 Å². The van der Waals surface area contributed by atoms with Gasteiger partial charge in [0.1, 0.15) is 17.3 Å². The average molecular weight is 433 g/mol. The van der Waals surface area contributed by atoms with E-state index in [2.05, 4.69) is 20.2 Å². The van der Waals surface area contributed by atoms with Crippen LogP contribution in [0.1, 0.15) is 41.4 Å². The normalized spacial score (nSPS) is 19.3. The van der Waals surface area contributed by atoms with Gasteiger partial charge in [0, 0.05) is 59.3 Å². The zero-order valence-electron chi connectivity index (χ0n) is 20.8.